The van der Waals surface area contributed by atoms with Gasteiger partial charge in [-0.15, -0.1) is 0 Å². The molecule has 1 N–H and O–H groups in total. The molecule has 1 aliphatic rings. The first kappa shape index (κ1) is 16.3. The molecule has 0 spiro atoms. The van der Waals surface area contributed by atoms with E-state index in [9.17, 15) is 9.59 Å². The summed E-state index contributed by atoms with van der Waals surface area (Å²) in [6.45, 7) is 1.59. The Morgan fingerprint density at radius 1 is 1.23 bits per heavy atom. The highest BCUT2D eigenvalue weighted by molar-refractivity contribution is 5.82. The standard InChI is InChI=1S/C17H23NO4/c1-2-15(22-14-10-4-3-5-11-14)17(20)21-12-16(19)18-13-8-6-7-9-13/h3-5,10-11,13,15H,2,6-9,12H2,1H3,(H,18,19)/t15-/m1/s1. The fraction of sp³-hybridized carbons (Fsp3) is 0.529. The maximum Gasteiger partial charge on any atom is 0.347 e. The molecule has 1 fully saturated rings. The van der Waals surface area contributed by atoms with E-state index in [0.717, 1.165) is 25.7 Å². The van der Waals surface area contributed by atoms with E-state index < -0.39 is 12.1 Å². The second kappa shape index (κ2) is 8.41. The monoisotopic (exact) mass is 305 g/mol. The third kappa shape index (κ3) is 5.06. The largest absolute Gasteiger partial charge is 0.479 e. The van der Waals surface area contributed by atoms with Crippen molar-refractivity contribution in [1.29, 1.82) is 0 Å². The molecule has 1 aromatic rings. The molecule has 1 amide bonds. The Balaban J connectivity index is 1.75. The Hall–Kier alpha value is -2.04. The molecule has 1 aliphatic carbocycles. The number of para-hydroxylation sites is 1. The molecule has 5 nitrogen and oxygen atoms in total. The summed E-state index contributed by atoms with van der Waals surface area (Å²) in [5.41, 5.74) is 0. The summed E-state index contributed by atoms with van der Waals surface area (Å²) in [5, 5.41) is 2.88. The van der Waals surface area contributed by atoms with Crippen LogP contribution in [-0.4, -0.2) is 30.6 Å². The molecule has 0 heterocycles. The van der Waals surface area contributed by atoms with Gasteiger partial charge in [0.1, 0.15) is 5.75 Å². The summed E-state index contributed by atoms with van der Waals surface area (Å²) in [6, 6.07) is 9.34. The van der Waals surface area contributed by atoms with Gasteiger partial charge in [0, 0.05) is 6.04 Å². The van der Waals surface area contributed by atoms with E-state index >= 15 is 0 Å². The van der Waals surface area contributed by atoms with Crippen LogP contribution >= 0.6 is 0 Å². The van der Waals surface area contributed by atoms with Gasteiger partial charge >= 0.3 is 5.97 Å². The maximum atomic E-state index is 12.0. The van der Waals surface area contributed by atoms with Crippen LogP contribution in [0.5, 0.6) is 5.75 Å². The van der Waals surface area contributed by atoms with E-state index in [1.54, 1.807) is 12.1 Å². The molecule has 0 bridgehead atoms. The number of carbonyl (C=O) groups excluding carboxylic acids is 2. The Kier molecular flexibility index (Phi) is 6.25. The number of benzene rings is 1. The van der Waals surface area contributed by atoms with Crippen molar-refractivity contribution < 1.29 is 19.1 Å². The van der Waals surface area contributed by atoms with Crippen LogP contribution in [-0.2, 0) is 14.3 Å². The molecule has 1 saturated carbocycles. The summed E-state index contributed by atoms with van der Waals surface area (Å²) in [5.74, 6) is -0.135. The molecular formula is C17H23NO4. The fourth-order valence-corrected chi connectivity index (χ4v) is 2.53. The molecule has 0 radical (unpaired) electrons. The van der Waals surface area contributed by atoms with Crippen molar-refractivity contribution in [3.05, 3.63) is 30.3 Å². The van der Waals surface area contributed by atoms with Crippen LogP contribution in [0.15, 0.2) is 30.3 Å². The summed E-state index contributed by atoms with van der Waals surface area (Å²) >= 11 is 0. The lowest BCUT2D eigenvalue weighted by molar-refractivity contribution is -0.155. The minimum Gasteiger partial charge on any atom is -0.479 e. The predicted octanol–water partition coefficient (Wildman–Crippen LogP) is 2.45. The topological polar surface area (TPSA) is 64.6 Å². The van der Waals surface area contributed by atoms with Crippen molar-refractivity contribution in [2.45, 2.75) is 51.2 Å². The van der Waals surface area contributed by atoms with Crippen LogP contribution in [0.4, 0.5) is 0 Å². The number of nitrogens with one attached hydrogen (secondary N) is 1. The highest BCUT2D eigenvalue weighted by atomic mass is 16.6. The first-order valence-electron chi connectivity index (χ1n) is 7.86. The first-order valence-corrected chi connectivity index (χ1v) is 7.86. The van der Waals surface area contributed by atoms with Crippen molar-refractivity contribution in [3.8, 4) is 5.75 Å². The zero-order valence-corrected chi connectivity index (χ0v) is 12.9. The zero-order chi connectivity index (χ0) is 15.8. The first-order chi connectivity index (χ1) is 10.7. The van der Waals surface area contributed by atoms with Crippen LogP contribution in [0.2, 0.25) is 0 Å². The van der Waals surface area contributed by atoms with Crippen LogP contribution in [0.25, 0.3) is 0 Å². The third-order valence-electron chi connectivity index (χ3n) is 3.72. The summed E-state index contributed by atoms with van der Waals surface area (Å²) in [6.07, 6.45) is 4.10. The van der Waals surface area contributed by atoms with Crippen LogP contribution < -0.4 is 10.1 Å². The molecule has 2 rings (SSSR count). The van der Waals surface area contributed by atoms with Gasteiger partial charge in [-0.25, -0.2) is 4.79 Å². The Labute approximate surface area is 131 Å². The number of amides is 1. The molecule has 0 aromatic heterocycles. The lowest BCUT2D eigenvalue weighted by Crippen LogP contribution is -2.37. The highest BCUT2D eigenvalue weighted by Crippen LogP contribution is 2.17. The Morgan fingerprint density at radius 2 is 1.91 bits per heavy atom. The molecule has 5 heteroatoms. The SMILES string of the molecule is CC[C@@H](Oc1ccccc1)C(=O)OCC(=O)NC1CCCC1. The van der Waals surface area contributed by atoms with E-state index in [4.69, 9.17) is 9.47 Å². The van der Waals surface area contributed by atoms with Gasteiger partial charge in [0.25, 0.3) is 5.91 Å². The number of rotatable bonds is 7. The molecule has 1 atom stereocenters. The second-order valence-electron chi connectivity index (χ2n) is 5.48. The molecule has 0 unspecified atom stereocenters. The lowest BCUT2D eigenvalue weighted by atomic mass is 10.2. The van der Waals surface area contributed by atoms with Crippen molar-refractivity contribution in [2.24, 2.45) is 0 Å². The van der Waals surface area contributed by atoms with Crippen molar-refractivity contribution in [1.82, 2.24) is 5.32 Å². The van der Waals surface area contributed by atoms with E-state index in [-0.39, 0.29) is 18.6 Å². The van der Waals surface area contributed by atoms with Crippen LogP contribution in [0, 0.1) is 0 Å². The van der Waals surface area contributed by atoms with Crippen molar-refractivity contribution in [3.63, 3.8) is 0 Å². The summed E-state index contributed by atoms with van der Waals surface area (Å²) in [7, 11) is 0. The van der Waals surface area contributed by atoms with Gasteiger partial charge in [0.05, 0.1) is 0 Å². The minimum atomic E-state index is -0.693. The number of ether oxygens (including phenoxy) is 2. The Morgan fingerprint density at radius 3 is 2.55 bits per heavy atom. The normalized spacial score (nSPS) is 16.0. The van der Waals surface area contributed by atoms with E-state index in [1.807, 2.05) is 25.1 Å². The van der Waals surface area contributed by atoms with Gasteiger partial charge in [-0.3, -0.25) is 4.79 Å². The number of esters is 1. The van der Waals surface area contributed by atoms with Crippen molar-refractivity contribution in [2.75, 3.05) is 6.61 Å². The summed E-state index contributed by atoms with van der Waals surface area (Å²) < 4.78 is 10.6. The van der Waals surface area contributed by atoms with E-state index in [0.29, 0.717) is 12.2 Å². The zero-order valence-electron chi connectivity index (χ0n) is 12.9. The van der Waals surface area contributed by atoms with E-state index in [1.165, 1.54) is 0 Å². The van der Waals surface area contributed by atoms with Gasteiger partial charge in [0.2, 0.25) is 0 Å². The molecule has 22 heavy (non-hydrogen) atoms. The van der Waals surface area contributed by atoms with Gasteiger partial charge in [-0.1, -0.05) is 38.0 Å². The molecule has 120 valence electrons. The lowest BCUT2D eigenvalue weighted by Gasteiger charge is -2.17. The average molecular weight is 305 g/mol. The second-order valence-corrected chi connectivity index (χ2v) is 5.48. The Bertz CT molecular complexity index is 483. The number of hydrogen-bond donors (Lipinski definition) is 1. The van der Waals surface area contributed by atoms with Gasteiger partial charge in [-0.05, 0) is 31.4 Å². The third-order valence-corrected chi connectivity index (χ3v) is 3.72. The number of carbonyl (C=O) groups is 2. The molecule has 0 saturated heterocycles. The van der Waals surface area contributed by atoms with Gasteiger partial charge in [-0.2, -0.15) is 0 Å². The van der Waals surface area contributed by atoms with Crippen LogP contribution in [0.3, 0.4) is 0 Å². The average Bonchev–Trinajstić information content (AvgIpc) is 3.04. The summed E-state index contributed by atoms with van der Waals surface area (Å²) in [4.78, 5) is 23.7. The predicted molar refractivity (Wildman–Crippen MR) is 82.5 cm³/mol. The molecular weight excluding hydrogens is 282 g/mol. The van der Waals surface area contributed by atoms with Crippen molar-refractivity contribution >= 4 is 11.9 Å². The van der Waals surface area contributed by atoms with Gasteiger partial charge in [0.15, 0.2) is 12.7 Å². The highest BCUT2D eigenvalue weighted by Gasteiger charge is 2.22. The van der Waals surface area contributed by atoms with Gasteiger partial charge < -0.3 is 14.8 Å². The quantitative estimate of drug-likeness (QED) is 0.786. The minimum absolute atomic E-state index is 0.230. The maximum absolute atomic E-state index is 12.0. The van der Waals surface area contributed by atoms with Crippen LogP contribution in [0.1, 0.15) is 39.0 Å². The molecule has 0 aliphatic heterocycles. The molecule has 1 aromatic carbocycles. The number of hydrogen-bond acceptors (Lipinski definition) is 4. The smallest absolute Gasteiger partial charge is 0.347 e. The fourth-order valence-electron chi connectivity index (χ4n) is 2.53. The van der Waals surface area contributed by atoms with E-state index in [2.05, 4.69) is 5.32 Å².